The normalized spacial score (nSPS) is 28.4. The van der Waals surface area contributed by atoms with Gasteiger partial charge in [-0.1, -0.05) is 26.8 Å². The Hall–Kier alpha value is -0.930. The molecule has 118 valence electrons. The number of nitrogens with two attached hydrogens (primary N) is 1. The van der Waals surface area contributed by atoms with E-state index in [1.54, 1.807) is 0 Å². The molecule has 2 rings (SSSR count). The second-order valence-electron chi connectivity index (χ2n) is 7.87. The van der Waals surface area contributed by atoms with Gasteiger partial charge in [0.05, 0.1) is 5.69 Å². The zero-order valence-corrected chi connectivity index (χ0v) is 13.9. The second kappa shape index (κ2) is 6.05. The summed E-state index contributed by atoms with van der Waals surface area (Å²) in [5.74, 6) is 0.718. The molecule has 3 N–H and O–H groups in total. The summed E-state index contributed by atoms with van der Waals surface area (Å²) in [7, 11) is 0. The number of aliphatic hydroxyl groups excluding tert-OH is 1. The van der Waals surface area contributed by atoms with Crippen molar-refractivity contribution in [1.82, 2.24) is 4.98 Å². The smallest absolute Gasteiger partial charge is 0.103 e. The minimum atomic E-state index is -0.552. The highest BCUT2D eigenvalue weighted by atomic mass is 16.3. The van der Waals surface area contributed by atoms with Gasteiger partial charge in [-0.25, -0.2) is 0 Å². The monoisotopic (exact) mass is 290 g/mol. The summed E-state index contributed by atoms with van der Waals surface area (Å²) in [6.45, 7) is 9.47. The molecule has 0 spiro atoms. The Kier molecular flexibility index (Phi) is 4.74. The van der Waals surface area contributed by atoms with Crippen molar-refractivity contribution in [2.75, 3.05) is 6.54 Å². The molecule has 0 aliphatic heterocycles. The van der Waals surface area contributed by atoms with E-state index in [1.165, 1.54) is 0 Å². The summed E-state index contributed by atoms with van der Waals surface area (Å²) >= 11 is 0. The molecular formula is C18H30N2O. The van der Waals surface area contributed by atoms with E-state index in [4.69, 9.17) is 5.73 Å². The fraction of sp³-hybridized carbons (Fsp3) is 0.722. The SMILES string of the molecule is Cc1ccc(C(O)C2(CN)CCC(C(C)(C)C)CC2)nc1. The summed E-state index contributed by atoms with van der Waals surface area (Å²) in [5, 5.41) is 10.8. The molecule has 1 atom stereocenters. The summed E-state index contributed by atoms with van der Waals surface area (Å²) in [5.41, 5.74) is 8.09. The first-order valence-electron chi connectivity index (χ1n) is 8.09. The van der Waals surface area contributed by atoms with Crippen LogP contribution in [0.2, 0.25) is 0 Å². The second-order valence-corrected chi connectivity index (χ2v) is 7.87. The zero-order chi connectivity index (χ0) is 15.7. The molecule has 1 fully saturated rings. The van der Waals surface area contributed by atoms with Gasteiger partial charge >= 0.3 is 0 Å². The molecular weight excluding hydrogens is 260 g/mol. The molecule has 1 aromatic rings. The number of aryl methyl sites for hydroxylation is 1. The van der Waals surface area contributed by atoms with E-state index in [-0.39, 0.29) is 5.41 Å². The fourth-order valence-electron chi connectivity index (χ4n) is 3.60. The highest BCUT2D eigenvalue weighted by Crippen LogP contribution is 2.50. The van der Waals surface area contributed by atoms with Crippen LogP contribution in [-0.2, 0) is 0 Å². The predicted octanol–water partition coefficient (Wildman–Crippen LogP) is 3.60. The summed E-state index contributed by atoms with van der Waals surface area (Å²) < 4.78 is 0. The minimum Gasteiger partial charge on any atom is -0.386 e. The maximum absolute atomic E-state index is 10.8. The van der Waals surface area contributed by atoms with E-state index in [9.17, 15) is 5.11 Å². The van der Waals surface area contributed by atoms with Crippen molar-refractivity contribution in [2.24, 2.45) is 22.5 Å². The van der Waals surface area contributed by atoms with Gasteiger partial charge < -0.3 is 10.8 Å². The van der Waals surface area contributed by atoms with Gasteiger partial charge in [0.1, 0.15) is 6.10 Å². The zero-order valence-electron chi connectivity index (χ0n) is 13.9. The molecule has 3 nitrogen and oxygen atoms in total. The lowest BCUT2D eigenvalue weighted by Crippen LogP contribution is -2.42. The Balaban J connectivity index is 2.14. The molecule has 0 bridgehead atoms. The fourth-order valence-corrected chi connectivity index (χ4v) is 3.60. The first kappa shape index (κ1) is 16.4. The third kappa shape index (κ3) is 3.46. The van der Waals surface area contributed by atoms with Crippen molar-refractivity contribution in [1.29, 1.82) is 0 Å². The molecule has 3 heteroatoms. The number of hydrogen-bond acceptors (Lipinski definition) is 3. The minimum absolute atomic E-state index is 0.204. The van der Waals surface area contributed by atoms with Crippen molar-refractivity contribution in [3.8, 4) is 0 Å². The molecule has 1 aliphatic carbocycles. The van der Waals surface area contributed by atoms with Crippen molar-refractivity contribution in [3.05, 3.63) is 29.6 Å². The number of aromatic nitrogens is 1. The Morgan fingerprint density at radius 2 is 1.95 bits per heavy atom. The van der Waals surface area contributed by atoms with Gasteiger partial charge in [-0.2, -0.15) is 0 Å². The van der Waals surface area contributed by atoms with Crippen molar-refractivity contribution >= 4 is 0 Å². The number of pyridine rings is 1. The molecule has 1 unspecified atom stereocenters. The predicted molar refractivity (Wildman–Crippen MR) is 86.8 cm³/mol. The van der Waals surface area contributed by atoms with Crippen LogP contribution < -0.4 is 5.73 Å². The Labute approximate surface area is 129 Å². The Morgan fingerprint density at radius 1 is 1.33 bits per heavy atom. The van der Waals surface area contributed by atoms with Gasteiger partial charge in [0, 0.05) is 18.2 Å². The van der Waals surface area contributed by atoms with Crippen LogP contribution in [0.4, 0.5) is 0 Å². The first-order valence-corrected chi connectivity index (χ1v) is 8.09. The van der Waals surface area contributed by atoms with Gasteiger partial charge in [0.15, 0.2) is 0 Å². The topological polar surface area (TPSA) is 59.1 Å². The lowest BCUT2D eigenvalue weighted by molar-refractivity contribution is -0.0256. The van der Waals surface area contributed by atoms with Crippen molar-refractivity contribution in [3.63, 3.8) is 0 Å². The molecule has 1 heterocycles. The van der Waals surface area contributed by atoms with Gasteiger partial charge in [-0.15, -0.1) is 0 Å². The van der Waals surface area contributed by atoms with Gasteiger partial charge in [0.25, 0.3) is 0 Å². The molecule has 1 saturated carbocycles. The average molecular weight is 290 g/mol. The molecule has 1 aromatic heterocycles. The number of nitrogens with zero attached hydrogens (tertiary/aromatic N) is 1. The van der Waals surface area contributed by atoms with Crippen molar-refractivity contribution in [2.45, 2.75) is 59.5 Å². The Morgan fingerprint density at radius 3 is 2.38 bits per heavy atom. The molecule has 1 aliphatic rings. The van der Waals surface area contributed by atoms with E-state index in [0.717, 1.165) is 42.9 Å². The molecule has 0 amide bonds. The average Bonchev–Trinajstić information content (AvgIpc) is 2.46. The van der Waals surface area contributed by atoms with E-state index in [0.29, 0.717) is 12.0 Å². The summed E-state index contributed by atoms with van der Waals surface area (Å²) in [4.78, 5) is 4.41. The van der Waals surface area contributed by atoms with Crippen LogP contribution in [0.3, 0.4) is 0 Å². The maximum Gasteiger partial charge on any atom is 0.103 e. The highest BCUT2D eigenvalue weighted by Gasteiger charge is 2.43. The summed E-state index contributed by atoms with van der Waals surface area (Å²) in [6.07, 6.45) is 5.53. The molecule has 0 radical (unpaired) electrons. The van der Waals surface area contributed by atoms with Gasteiger partial charge in [0.2, 0.25) is 0 Å². The highest BCUT2D eigenvalue weighted by molar-refractivity contribution is 5.16. The number of aliphatic hydroxyl groups is 1. The first-order chi connectivity index (χ1) is 9.78. The van der Waals surface area contributed by atoms with E-state index in [1.807, 2.05) is 25.3 Å². The van der Waals surface area contributed by atoms with Crippen LogP contribution in [-0.4, -0.2) is 16.6 Å². The standard InChI is InChI=1S/C18H30N2O/c1-13-5-6-15(20-11-13)16(21)18(12-19)9-7-14(8-10-18)17(2,3)4/h5-6,11,14,16,21H,7-10,12,19H2,1-4H3. The van der Waals surface area contributed by atoms with Crippen molar-refractivity contribution < 1.29 is 5.11 Å². The molecule has 21 heavy (non-hydrogen) atoms. The maximum atomic E-state index is 10.8. The third-order valence-electron chi connectivity index (χ3n) is 5.41. The van der Waals surface area contributed by atoms with Crippen LogP contribution in [0.25, 0.3) is 0 Å². The molecule has 0 aromatic carbocycles. The van der Waals surface area contributed by atoms with E-state index < -0.39 is 6.10 Å². The van der Waals surface area contributed by atoms with Crippen LogP contribution in [0.1, 0.15) is 63.8 Å². The van der Waals surface area contributed by atoms with E-state index >= 15 is 0 Å². The van der Waals surface area contributed by atoms with E-state index in [2.05, 4.69) is 25.8 Å². The molecule has 0 saturated heterocycles. The quantitative estimate of drug-likeness (QED) is 0.894. The third-order valence-corrected chi connectivity index (χ3v) is 5.41. The van der Waals surface area contributed by atoms with Crippen LogP contribution >= 0.6 is 0 Å². The van der Waals surface area contributed by atoms with Crippen LogP contribution in [0.5, 0.6) is 0 Å². The Bertz CT molecular complexity index is 453. The van der Waals surface area contributed by atoms with Crippen LogP contribution in [0.15, 0.2) is 18.3 Å². The van der Waals surface area contributed by atoms with Gasteiger partial charge in [-0.05, 0) is 55.6 Å². The van der Waals surface area contributed by atoms with Crippen LogP contribution in [0, 0.1) is 23.7 Å². The number of rotatable bonds is 3. The lowest BCUT2D eigenvalue weighted by Gasteiger charge is -2.45. The lowest BCUT2D eigenvalue weighted by atomic mass is 9.61. The van der Waals surface area contributed by atoms with Gasteiger partial charge in [-0.3, -0.25) is 4.98 Å². The number of hydrogen-bond donors (Lipinski definition) is 2. The summed E-state index contributed by atoms with van der Waals surface area (Å²) in [6, 6.07) is 3.95. The largest absolute Gasteiger partial charge is 0.386 e.